The van der Waals surface area contributed by atoms with Crippen molar-refractivity contribution in [1.82, 2.24) is 0 Å². The minimum atomic E-state index is -2.33. The van der Waals surface area contributed by atoms with Crippen molar-refractivity contribution in [2.45, 2.75) is 0 Å². The normalized spacial score (nSPS) is 3.00. The number of hydrogen-bond acceptors (Lipinski definition) is 3. The molecule has 0 heterocycles. The first-order valence-electron chi connectivity index (χ1n) is 0.612. The first kappa shape index (κ1) is 31.4. The Balaban J connectivity index is -0.00000000750. The van der Waals surface area contributed by atoms with Gasteiger partial charge < -0.3 is 15.0 Å². The molecule has 0 unspecified atom stereocenters. The molecule has 0 aromatic carbocycles. The number of hydrogen-bond donors (Lipinski definition) is 0. The summed E-state index contributed by atoms with van der Waals surface area (Å²) in [6, 6.07) is 0. The van der Waals surface area contributed by atoms with E-state index >= 15 is 0 Å². The van der Waals surface area contributed by atoms with E-state index in [0.717, 1.165) is 0 Å². The smallest absolute Gasteiger partial charge is 1.00 e. The van der Waals surface area contributed by atoms with Gasteiger partial charge in [-0.15, -0.1) is 0 Å². The summed E-state index contributed by atoms with van der Waals surface area (Å²) >= 11 is 0. The molecule has 0 atom stereocenters. The van der Waals surface area contributed by atoms with Crippen LogP contribution in [0.1, 0.15) is 0 Å². The second kappa shape index (κ2) is 22.7. The maximum atomic E-state index is 8.33. The summed E-state index contributed by atoms with van der Waals surface area (Å²) in [5.41, 5.74) is 0. The van der Waals surface area contributed by atoms with Crippen molar-refractivity contribution in [1.29, 1.82) is 0 Å². The van der Waals surface area contributed by atoms with E-state index < -0.39 is 6.16 Å². The van der Waals surface area contributed by atoms with Gasteiger partial charge in [-0.25, -0.2) is 0 Å². The zero-order valence-corrected chi connectivity index (χ0v) is 7.72. The quantitative estimate of drug-likeness (QED) is 0.299. The predicted octanol–water partition coefficient (Wildman–Crippen LogP) is -9.74. The third-order valence-electron chi connectivity index (χ3n) is 0. The Morgan fingerprint density at radius 2 is 1.00 bits per heavy atom. The van der Waals surface area contributed by atoms with Gasteiger partial charge in [-0.2, -0.15) is 0 Å². The van der Waals surface area contributed by atoms with Crippen molar-refractivity contribution in [3.05, 3.63) is 0 Å². The molecule has 8 heavy (non-hydrogen) atoms. The van der Waals surface area contributed by atoms with Crippen LogP contribution >= 0.6 is 0 Å². The van der Waals surface area contributed by atoms with Gasteiger partial charge in [-0.1, -0.05) is 0 Å². The topological polar surface area (TPSA) is 63.2 Å². The molecule has 0 saturated carbocycles. The monoisotopic (exact) mass is 122 g/mol. The minimum absolute atomic E-state index is 0. The van der Waals surface area contributed by atoms with Crippen LogP contribution in [0.25, 0.3) is 0 Å². The third kappa shape index (κ3) is 77.6. The standard InChI is InChI=1S/CH2O3.2Li.2Na.2H/c2-1(3)4;;;;;;/h(H2,2,3,4);;;;;;/q;;;2*+1;;/p-2. The summed E-state index contributed by atoms with van der Waals surface area (Å²) in [4.78, 5) is 8.33. The summed E-state index contributed by atoms with van der Waals surface area (Å²) in [6.07, 6.45) is -2.33. The molecular weight excluding hydrogens is 120 g/mol. The van der Waals surface area contributed by atoms with Gasteiger partial charge in [-0.3, -0.25) is 0 Å². The summed E-state index contributed by atoms with van der Waals surface area (Å²) in [7, 11) is 0. The molecule has 0 fully saturated rings. The summed E-state index contributed by atoms with van der Waals surface area (Å²) in [5.74, 6) is 0. The molecular formula is CH2Li2Na2O3. The van der Waals surface area contributed by atoms with Crippen molar-refractivity contribution in [3.63, 3.8) is 0 Å². The molecule has 0 amide bonds. The van der Waals surface area contributed by atoms with Gasteiger partial charge in [-0.05, 0) is 6.16 Å². The fourth-order valence-electron chi connectivity index (χ4n) is 0. The third-order valence-corrected chi connectivity index (χ3v) is 0. The van der Waals surface area contributed by atoms with Gasteiger partial charge in [0.25, 0.3) is 0 Å². The second-order valence-corrected chi connectivity index (χ2v) is 0.250. The van der Waals surface area contributed by atoms with E-state index in [4.69, 9.17) is 15.0 Å². The molecule has 0 saturated heterocycles. The first-order valence-corrected chi connectivity index (χ1v) is 0.612. The Hall–Kier alpha value is 2.46. The minimum Gasteiger partial charge on any atom is 1.00 e. The maximum absolute atomic E-state index is 8.33. The van der Waals surface area contributed by atoms with Gasteiger partial charge in [0.1, 0.15) is 0 Å². The van der Waals surface area contributed by atoms with Gasteiger partial charge >= 0.3 is 96.8 Å². The molecule has 0 spiro atoms. The van der Waals surface area contributed by atoms with Crippen LogP contribution in [0, 0.1) is 0 Å². The Morgan fingerprint density at radius 3 is 1.00 bits per heavy atom. The SMILES string of the molecule is O=C([O-])[O-].[LiH].[LiH].[Na+].[Na+]. The molecule has 0 rings (SSSR count). The van der Waals surface area contributed by atoms with Gasteiger partial charge in [0.2, 0.25) is 0 Å². The Morgan fingerprint density at radius 1 is 1.00 bits per heavy atom. The molecule has 3 nitrogen and oxygen atoms in total. The number of carboxylic acid groups (broad SMARTS) is 2. The Kier molecular flexibility index (Phi) is 89.1. The second-order valence-electron chi connectivity index (χ2n) is 0.250. The fraction of sp³-hybridized carbons (Fsp3) is 0. The first-order chi connectivity index (χ1) is 1.73. The van der Waals surface area contributed by atoms with Crippen LogP contribution in [-0.2, 0) is 0 Å². The van der Waals surface area contributed by atoms with Crippen LogP contribution in [0.5, 0.6) is 0 Å². The van der Waals surface area contributed by atoms with E-state index in [0.29, 0.717) is 0 Å². The van der Waals surface area contributed by atoms with Crippen LogP contribution in [0.3, 0.4) is 0 Å². The van der Waals surface area contributed by atoms with Crippen LogP contribution in [-0.4, -0.2) is 43.9 Å². The van der Waals surface area contributed by atoms with Crippen LogP contribution in [0.4, 0.5) is 4.79 Å². The number of carbonyl (C=O) groups is 1. The van der Waals surface area contributed by atoms with Crippen molar-refractivity contribution < 1.29 is 74.1 Å². The Bertz CT molecular complexity index is 38.3. The largest absolute Gasteiger partial charge is 1.00 e. The van der Waals surface area contributed by atoms with E-state index in [1.807, 2.05) is 0 Å². The maximum Gasteiger partial charge on any atom is 1.00 e. The molecule has 0 aliphatic heterocycles. The van der Waals surface area contributed by atoms with Crippen LogP contribution in [0.2, 0.25) is 0 Å². The molecule has 0 aromatic heterocycles. The average molecular weight is 122 g/mol. The van der Waals surface area contributed by atoms with E-state index in [-0.39, 0.29) is 96.8 Å². The van der Waals surface area contributed by atoms with Crippen molar-refractivity contribution >= 4 is 43.9 Å². The molecule has 0 aliphatic rings. The summed E-state index contributed by atoms with van der Waals surface area (Å²) in [6.45, 7) is 0. The van der Waals surface area contributed by atoms with Crippen molar-refractivity contribution in [3.8, 4) is 0 Å². The molecule has 28 valence electrons. The zero-order valence-electron chi connectivity index (χ0n) is 3.72. The van der Waals surface area contributed by atoms with E-state index in [1.165, 1.54) is 0 Å². The van der Waals surface area contributed by atoms with Crippen molar-refractivity contribution in [2.75, 3.05) is 0 Å². The molecule has 0 aromatic rings. The fourth-order valence-corrected chi connectivity index (χ4v) is 0. The van der Waals surface area contributed by atoms with E-state index in [1.54, 1.807) is 0 Å². The van der Waals surface area contributed by atoms with E-state index in [9.17, 15) is 0 Å². The Labute approximate surface area is 116 Å². The van der Waals surface area contributed by atoms with E-state index in [2.05, 4.69) is 0 Å². The average Bonchev–Trinajstić information content (AvgIpc) is 0.811. The predicted molar refractivity (Wildman–Crippen MR) is 19.7 cm³/mol. The van der Waals surface area contributed by atoms with Crippen LogP contribution < -0.4 is 69.3 Å². The summed E-state index contributed by atoms with van der Waals surface area (Å²) in [5, 5.41) is 16.7. The van der Waals surface area contributed by atoms with Gasteiger partial charge in [0, 0.05) is 0 Å². The molecule has 0 radical (unpaired) electrons. The van der Waals surface area contributed by atoms with Gasteiger partial charge in [0.05, 0.1) is 0 Å². The molecule has 0 N–H and O–H groups in total. The van der Waals surface area contributed by atoms with Crippen LogP contribution in [0.15, 0.2) is 0 Å². The number of rotatable bonds is 0. The molecule has 0 aliphatic carbocycles. The number of carbonyl (C=O) groups excluding carboxylic acids is 1. The summed E-state index contributed by atoms with van der Waals surface area (Å²) < 4.78 is 0. The zero-order chi connectivity index (χ0) is 3.58. The molecule has 0 bridgehead atoms. The van der Waals surface area contributed by atoms with Crippen molar-refractivity contribution in [2.24, 2.45) is 0 Å². The molecule has 7 heteroatoms. The van der Waals surface area contributed by atoms with Gasteiger partial charge in [0.15, 0.2) is 0 Å².